The van der Waals surface area contributed by atoms with Gasteiger partial charge in [-0.15, -0.1) is 22.0 Å². The Hall–Kier alpha value is -3.09. The maximum absolute atomic E-state index is 15.0. The van der Waals surface area contributed by atoms with Crippen molar-refractivity contribution < 1.29 is 18.3 Å². The van der Waals surface area contributed by atoms with E-state index in [1.807, 2.05) is 24.3 Å². The quantitative estimate of drug-likeness (QED) is 0.300. The highest BCUT2D eigenvalue weighted by Crippen LogP contribution is 2.36. The summed E-state index contributed by atoms with van der Waals surface area (Å²) in [5.74, 6) is -0.274. The molecule has 9 nitrogen and oxygen atoms in total. The van der Waals surface area contributed by atoms with E-state index in [-0.39, 0.29) is 34.9 Å². The molecule has 2 aliphatic rings. The molecule has 0 radical (unpaired) electrons. The summed E-state index contributed by atoms with van der Waals surface area (Å²) < 4.78 is 31.6. The maximum atomic E-state index is 15.0. The van der Waals surface area contributed by atoms with Crippen molar-refractivity contribution in [3.05, 3.63) is 59.0 Å². The summed E-state index contributed by atoms with van der Waals surface area (Å²) in [6.45, 7) is 3.46. The lowest BCUT2D eigenvalue weighted by atomic mass is 10.1. The number of nitrogens with one attached hydrogen (secondary N) is 1. The summed E-state index contributed by atoms with van der Waals surface area (Å²) in [7, 11) is 0. The third kappa shape index (κ3) is 5.92. The second-order valence-electron chi connectivity index (χ2n) is 9.41. The fraction of sp³-hybridized carbons (Fsp3) is 0.333. The van der Waals surface area contributed by atoms with Gasteiger partial charge in [0.05, 0.1) is 35.7 Å². The van der Waals surface area contributed by atoms with Crippen molar-refractivity contribution in [2.45, 2.75) is 35.6 Å². The normalized spacial score (nSPS) is 19.1. The molecule has 0 amide bonds. The van der Waals surface area contributed by atoms with Crippen LogP contribution in [0.3, 0.4) is 0 Å². The number of rotatable bonds is 8. The molecule has 2 atom stereocenters. The van der Waals surface area contributed by atoms with Crippen LogP contribution < -0.4 is 11.1 Å². The van der Waals surface area contributed by atoms with Crippen molar-refractivity contribution >= 4 is 29.2 Å². The van der Waals surface area contributed by atoms with E-state index in [1.165, 1.54) is 6.07 Å². The van der Waals surface area contributed by atoms with Gasteiger partial charge < -0.3 is 24.9 Å². The van der Waals surface area contributed by atoms with E-state index < -0.39 is 5.82 Å². The number of ether oxygens (including phenoxy) is 2. The molecule has 2 fully saturated rings. The number of nitrogens with zero attached hydrogens (tertiary/aromatic N) is 4. The molecule has 4 heterocycles. The van der Waals surface area contributed by atoms with Gasteiger partial charge in [0.15, 0.2) is 11.5 Å². The van der Waals surface area contributed by atoms with E-state index in [4.69, 9.17) is 31.2 Å². The minimum absolute atomic E-state index is 0.0260. The summed E-state index contributed by atoms with van der Waals surface area (Å²) in [6.07, 6.45) is 3.51. The van der Waals surface area contributed by atoms with Crippen LogP contribution in [0.15, 0.2) is 51.9 Å². The van der Waals surface area contributed by atoms with Crippen molar-refractivity contribution in [2.75, 3.05) is 32.2 Å². The highest BCUT2D eigenvalue weighted by atomic mass is 35.5. The van der Waals surface area contributed by atoms with E-state index in [2.05, 4.69) is 25.5 Å². The lowest BCUT2D eigenvalue weighted by Gasteiger charge is -2.11. The second-order valence-corrected chi connectivity index (χ2v) is 11.2. The summed E-state index contributed by atoms with van der Waals surface area (Å²) in [5, 5.41) is 12.5. The first-order valence-corrected chi connectivity index (χ1v) is 13.9. The Morgan fingerprint density at radius 1 is 1.05 bits per heavy atom. The molecule has 0 aliphatic carbocycles. The van der Waals surface area contributed by atoms with Gasteiger partial charge in [-0.05, 0) is 42.7 Å². The molecular weight excluding hydrogens is 543 g/mol. The Labute approximate surface area is 233 Å². The standard InChI is InChI=1S/C27H26ClFN6O3S/c28-20-10-16(2-4-23(20)39-18-6-8-37-14-18)22-12-32-25(30)24(33-22)27-35-34-26(38-27)19-3-1-15(9-21(19)29)11-31-17-5-7-36-13-17/h1-4,9-10,12,17-18,31H,5-8,11,13-14H2,(H2,30,32). The number of aromatic nitrogens is 4. The predicted octanol–water partition coefficient (Wildman–Crippen LogP) is 4.99. The molecule has 6 rings (SSSR count). The van der Waals surface area contributed by atoms with Gasteiger partial charge in [0.25, 0.3) is 11.8 Å². The Bertz CT molecular complexity index is 1480. The first kappa shape index (κ1) is 26.1. The highest BCUT2D eigenvalue weighted by molar-refractivity contribution is 8.00. The Balaban J connectivity index is 1.20. The first-order chi connectivity index (χ1) is 19.0. The van der Waals surface area contributed by atoms with Crippen molar-refractivity contribution in [1.29, 1.82) is 0 Å². The van der Waals surface area contributed by atoms with Gasteiger partial charge in [0.2, 0.25) is 0 Å². The minimum atomic E-state index is -0.461. The second kappa shape index (κ2) is 11.6. The van der Waals surface area contributed by atoms with E-state index >= 15 is 0 Å². The van der Waals surface area contributed by atoms with Crippen LogP contribution in [0.5, 0.6) is 0 Å². The van der Waals surface area contributed by atoms with Crippen molar-refractivity contribution in [2.24, 2.45) is 0 Å². The fourth-order valence-corrected chi connectivity index (χ4v) is 5.83. The molecule has 2 aromatic carbocycles. The van der Waals surface area contributed by atoms with Gasteiger partial charge in [0.1, 0.15) is 5.82 Å². The van der Waals surface area contributed by atoms with E-state index in [0.29, 0.717) is 29.1 Å². The third-order valence-electron chi connectivity index (χ3n) is 6.63. The van der Waals surface area contributed by atoms with Gasteiger partial charge in [-0.25, -0.2) is 14.4 Å². The largest absolute Gasteiger partial charge is 0.414 e. The first-order valence-electron chi connectivity index (χ1n) is 12.6. The van der Waals surface area contributed by atoms with Crippen LogP contribution in [-0.2, 0) is 16.0 Å². The predicted molar refractivity (Wildman–Crippen MR) is 147 cm³/mol. The van der Waals surface area contributed by atoms with Gasteiger partial charge >= 0.3 is 0 Å². The zero-order valence-corrected chi connectivity index (χ0v) is 22.5. The molecule has 202 valence electrons. The molecule has 0 saturated carbocycles. The zero-order chi connectivity index (χ0) is 26.8. The molecule has 0 bridgehead atoms. The number of anilines is 1. The van der Waals surface area contributed by atoms with Crippen molar-refractivity contribution in [3.63, 3.8) is 0 Å². The molecule has 2 saturated heterocycles. The number of thioether (sulfide) groups is 1. The summed E-state index contributed by atoms with van der Waals surface area (Å²) in [4.78, 5) is 9.86. The number of hydrogen-bond donors (Lipinski definition) is 2. The van der Waals surface area contributed by atoms with Gasteiger partial charge in [0, 0.05) is 41.5 Å². The zero-order valence-electron chi connectivity index (χ0n) is 20.9. The number of halogens is 2. The third-order valence-corrected chi connectivity index (χ3v) is 8.37. The molecule has 3 N–H and O–H groups in total. The van der Waals surface area contributed by atoms with Crippen LogP contribution in [-0.4, -0.2) is 57.9 Å². The SMILES string of the molecule is Nc1ncc(-c2ccc(SC3CCOC3)c(Cl)c2)nc1-c1nnc(-c2ccc(CNC3CCOC3)cc2F)o1. The maximum Gasteiger partial charge on any atom is 0.270 e. The molecule has 0 spiro atoms. The lowest BCUT2D eigenvalue weighted by molar-refractivity contribution is 0.190. The monoisotopic (exact) mass is 568 g/mol. The van der Waals surface area contributed by atoms with Crippen LogP contribution >= 0.6 is 23.4 Å². The molecule has 39 heavy (non-hydrogen) atoms. The fourth-order valence-electron chi connectivity index (χ4n) is 4.46. The van der Waals surface area contributed by atoms with Crippen LogP contribution in [0.25, 0.3) is 34.3 Å². The smallest absolute Gasteiger partial charge is 0.270 e. The van der Waals surface area contributed by atoms with Gasteiger partial charge in [-0.2, -0.15) is 0 Å². The Morgan fingerprint density at radius 2 is 1.90 bits per heavy atom. The van der Waals surface area contributed by atoms with Crippen molar-refractivity contribution in [1.82, 2.24) is 25.5 Å². The Kier molecular flexibility index (Phi) is 7.76. The lowest BCUT2D eigenvalue weighted by Crippen LogP contribution is -2.28. The molecule has 4 aromatic rings. The number of nitrogens with two attached hydrogens (primary N) is 1. The summed E-state index contributed by atoms with van der Waals surface area (Å²) in [6, 6.07) is 10.9. The molecule has 2 aromatic heterocycles. The molecule has 2 aliphatic heterocycles. The number of nitrogen functional groups attached to an aromatic ring is 1. The Morgan fingerprint density at radius 3 is 2.67 bits per heavy atom. The summed E-state index contributed by atoms with van der Waals surface area (Å²) >= 11 is 8.28. The molecular formula is C27H26ClFN6O3S. The average Bonchev–Trinajstić information content (AvgIpc) is 3.73. The summed E-state index contributed by atoms with van der Waals surface area (Å²) in [5.41, 5.74) is 8.61. The van der Waals surface area contributed by atoms with Crippen molar-refractivity contribution in [3.8, 4) is 34.3 Å². The van der Waals surface area contributed by atoms with Crippen LogP contribution in [0, 0.1) is 5.82 Å². The average molecular weight is 569 g/mol. The van der Waals surface area contributed by atoms with Gasteiger partial charge in [-0.3, -0.25) is 0 Å². The number of hydrogen-bond acceptors (Lipinski definition) is 10. The van der Waals surface area contributed by atoms with Crippen LogP contribution in [0.1, 0.15) is 18.4 Å². The minimum Gasteiger partial charge on any atom is -0.414 e. The van der Waals surface area contributed by atoms with Gasteiger partial charge in [-0.1, -0.05) is 23.7 Å². The molecule has 2 unspecified atom stereocenters. The topological polar surface area (TPSA) is 121 Å². The van der Waals surface area contributed by atoms with E-state index in [9.17, 15) is 4.39 Å². The highest BCUT2D eigenvalue weighted by Gasteiger charge is 2.21. The van der Waals surface area contributed by atoms with E-state index in [0.717, 1.165) is 48.7 Å². The molecule has 12 heteroatoms. The van der Waals surface area contributed by atoms with E-state index in [1.54, 1.807) is 24.0 Å². The van der Waals surface area contributed by atoms with Crippen LogP contribution in [0.2, 0.25) is 5.02 Å². The number of benzene rings is 2. The van der Waals surface area contributed by atoms with Crippen LogP contribution in [0.4, 0.5) is 10.2 Å².